The lowest BCUT2D eigenvalue weighted by Crippen LogP contribution is -2.09. The van der Waals surface area contributed by atoms with Gasteiger partial charge in [0.2, 0.25) is 0 Å². The lowest BCUT2D eigenvalue weighted by Gasteiger charge is -2.15. The number of ether oxygens (including phenoxy) is 2. The van der Waals surface area contributed by atoms with Gasteiger partial charge in [0.15, 0.2) is 0 Å². The molecule has 0 amide bonds. The summed E-state index contributed by atoms with van der Waals surface area (Å²) in [6.45, 7) is 1.61. The molecule has 0 bridgehead atoms. The molecule has 2 aromatic rings. The van der Waals surface area contributed by atoms with Gasteiger partial charge in [-0.2, -0.15) is 0 Å². The zero-order chi connectivity index (χ0) is 19.9. The molecule has 2 rings (SSSR count). The number of rotatable bonds is 13. The summed E-state index contributed by atoms with van der Waals surface area (Å²) in [7, 11) is 0. The summed E-state index contributed by atoms with van der Waals surface area (Å²) < 4.78 is 11.0. The van der Waals surface area contributed by atoms with Crippen molar-refractivity contribution in [2.45, 2.75) is 12.8 Å². The molecular weight excluding hydrogens is 352 g/mol. The Hall–Kier alpha value is -2.24. The van der Waals surface area contributed by atoms with Crippen molar-refractivity contribution in [3.63, 3.8) is 0 Å². The van der Waals surface area contributed by atoms with Crippen molar-refractivity contribution in [1.82, 2.24) is 0 Å². The third-order valence-corrected chi connectivity index (χ3v) is 4.23. The molecule has 0 aliphatic carbocycles. The highest BCUT2D eigenvalue weighted by Crippen LogP contribution is 2.19. The molecular formula is C24H30O4. The smallest absolute Gasteiger partial charge is 0.0702 e. The van der Waals surface area contributed by atoms with Gasteiger partial charge in [0, 0.05) is 0 Å². The zero-order valence-electron chi connectivity index (χ0n) is 16.3. The van der Waals surface area contributed by atoms with Crippen molar-refractivity contribution in [2.24, 2.45) is 0 Å². The minimum absolute atomic E-state index is 0.0114. The maximum absolute atomic E-state index is 9.07. The molecule has 0 atom stereocenters. The summed E-state index contributed by atoms with van der Waals surface area (Å²) in [5.74, 6) is 0. The standard InChI is InChI=1S/C24H30O4/c25-13-16-27-15-7-12-23(18-21-8-3-1-4-9-21)24(20-28-17-14-26)19-22-10-5-2-6-11-22/h1-12,25-26H,13-20H2/b12-7+,24-23-. The van der Waals surface area contributed by atoms with Gasteiger partial charge in [0.25, 0.3) is 0 Å². The van der Waals surface area contributed by atoms with Gasteiger partial charge in [-0.3, -0.25) is 0 Å². The molecule has 4 nitrogen and oxygen atoms in total. The molecule has 4 heteroatoms. The third kappa shape index (κ3) is 8.63. The van der Waals surface area contributed by atoms with Gasteiger partial charge in [0.1, 0.15) is 0 Å². The van der Waals surface area contributed by atoms with E-state index in [1.54, 1.807) is 0 Å². The molecule has 0 heterocycles. The number of aliphatic hydroxyl groups excluding tert-OH is 2. The van der Waals surface area contributed by atoms with Gasteiger partial charge in [-0.1, -0.05) is 72.8 Å². The molecule has 2 aromatic carbocycles. The second kappa shape index (κ2) is 13.9. The van der Waals surface area contributed by atoms with Crippen molar-refractivity contribution in [1.29, 1.82) is 0 Å². The van der Waals surface area contributed by atoms with E-state index in [4.69, 9.17) is 19.7 Å². The van der Waals surface area contributed by atoms with Crippen LogP contribution in [0.5, 0.6) is 0 Å². The first-order valence-corrected chi connectivity index (χ1v) is 9.66. The van der Waals surface area contributed by atoms with Crippen LogP contribution in [-0.2, 0) is 22.3 Å². The SMILES string of the molecule is OCCOC/C=C/C(Cc1ccccc1)=C(/COCCO)Cc1ccccc1. The minimum Gasteiger partial charge on any atom is -0.394 e. The van der Waals surface area contributed by atoms with Gasteiger partial charge in [-0.05, 0) is 35.1 Å². The molecule has 0 unspecified atom stereocenters. The van der Waals surface area contributed by atoms with Gasteiger partial charge in [0.05, 0.1) is 39.6 Å². The second-order valence-electron chi connectivity index (χ2n) is 6.43. The molecule has 0 aromatic heterocycles. The lowest BCUT2D eigenvalue weighted by atomic mass is 9.95. The molecule has 0 saturated heterocycles. The molecule has 2 N–H and O–H groups in total. The topological polar surface area (TPSA) is 58.9 Å². The highest BCUT2D eigenvalue weighted by molar-refractivity contribution is 5.36. The van der Waals surface area contributed by atoms with Crippen LogP contribution in [0, 0.1) is 0 Å². The van der Waals surface area contributed by atoms with Gasteiger partial charge in [-0.15, -0.1) is 0 Å². The van der Waals surface area contributed by atoms with E-state index in [1.807, 2.05) is 42.5 Å². The van der Waals surface area contributed by atoms with Crippen LogP contribution in [0.3, 0.4) is 0 Å². The van der Waals surface area contributed by atoms with E-state index >= 15 is 0 Å². The summed E-state index contributed by atoms with van der Waals surface area (Å²) in [6, 6.07) is 20.6. The number of hydrogen-bond donors (Lipinski definition) is 2. The Labute approximate surface area is 167 Å². The second-order valence-corrected chi connectivity index (χ2v) is 6.43. The molecule has 0 aliphatic rings. The maximum Gasteiger partial charge on any atom is 0.0702 e. The zero-order valence-corrected chi connectivity index (χ0v) is 16.3. The van der Waals surface area contributed by atoms with Crippen LogP contribution < -0.4 is 0 Å². The molecule has 0 radical (unpaired) electrons. The van der Waals surface area contributed by atoms with E-state index in [1.165, 1.54) is 22.3 Å². The normalized spacial score (nSPS) is 12.4. The predicted molar refractivity (Wildman–Crippen MR) is 112 cm³/mol. The summed E-state index contributed by atoms with van der Waals surface area (Å²) >= 11 is 0. The van der Waals surface area contributed by atoms with E-state index in [0.29, 0.717) is 26.4 Å². The number of benzene rings is 2. The van der Waals surface area contributed by atoms with Crippen LogP contribution in [0.1, 0.15) is 11.1 Å². The van der Waals surface area contributed by atoms with Gasteiger partial charge in [-0.25, -0.2) is 0 Å². The van der Waals surface area contributed by atoms with E-state index < -0.39 is 0 Å². The first kappa shape index (κ1) is 22.1. The monoisotopic (exact) mass is 382 g/mol. The Bertz CT molecular complexity index is 708. The lowest BCUT2D eigenvalue weighted by molar-refractivity contribution is 0.106. The summed E-state index contributed by atoms with van der Waals surface area (Å²) in [5.41, 5.74) is 4.81. The van der Waals surface area contributed by atoms with Crippen molar-refractivity contribution in [2.75, 3.05) is 39.6 Å². The molecule has 150 valence electrons. The Morgan fingerprint density at radius 1 is 0.750 bits per heavy atom. The molecule has 0 fully saturated rings. The highest BCUT2D eigenvalue weighted by atomic mass is 16.5. The Balaban J connectivity index is 2.26. The van der Waals surface area contributed by atoms with Crippen LogP contribution in [-0.4, -0.2) is 49.9 Å². The largest absolute Gasteiger partial charge is 0.394 e. The van der Waals surface area contributed by atoms with Crippen LogP contribution in [0.2, 0.25) is 0 Å². The highest BCUT2D eigenvalue weighted by Gasteiger charge is 2.08. The maximum atomic E-state index is 9.07. The van der Waals surface area contributed by atoms with E-state index in [0.717, 1.165) is 12.8 Å². The Morgan fingerprint density at radius 3 is 1.93 bits per heavy atom. The number of hydrogen-bond acceptors (Lipinski definition) is 4. The van der Waals surface area contributed by atoms with Crippen LogP contribution in [0.15, 0.2) is 84.0 Å². The summed E-state index contributed by atoms with van der Waals surface area (Å²) in [5, 5.41) is 17.9. The van der Waals surface area contributed by atoms with Crippen LogP contribution in [0.4, 0.5) is 0 Å². The third-order valence-electron chi connectivity index (χ3n) is 4.23. The fraction of sp³-hybridized carbons (Fsp3) is 0.333. The Morgan fingerprint density at radius 2 is 1.32 bits per heavy atom. The van der Waals surface area contributed by atoms with Crippen molar-refractivity contribution in [3.8, 4) is 0 Å². The van der Waals surface area contributed by atoms with E-state index in [-0.39, 0.29) is 13.2 Å². The van der Waals surface area contributed by atoms with Crippen LogP contribution in [0.25, 0.3) is 0 Å². The fourth-order valence-corrected chi connectivity index (χ4v) is 2.88. The Kier molecular flexibility index (Phi) is 10.9. The van der Waals surface area contributed by atoms with Crippen molar-refractivity contribution >= 4 is 0 Å². The quantitative estimate of drug-likeness (QED) is 0.412. The average Bonchev–Trinajstić information content (AvgIpc) is 2.74. The van der Waals surface area contributed by atoms with Gasteiger partial charge >= 0.3 is 0 Å². The fourth-order valence-electron chi connectivity index (χ4n) is 2.88. The van der Waals surface area contributed by atoms with E-state index in [9.17, 15) is 0 Å². The first-order valence-electron chi connectivity index (χ1n) is 9.66. The van der Waals surface area contributed by atoms with Crippen molar-refractivity contribution in [3.05, 3.63) is 95.1 Å². The average molecular weight is 383 g/mol. The summed E-state index contributed by atoms with van der Waals surface area (Å²) in [4.78, 5) is 0. The number of allylic oxidation sites excluding steroid dienone is 2. The first-order chi connectivity index (χ1) is 13.8. The molecule has 28 heavy (non-hydrogen) atoms. The minimum atomic E-state index is 0.0114. The van der Waals surface area contributed by atoms with Crippen molar-refractivity contribution < 1.29 is 19.7 Å². The van der Waals surface area contributed by atoms with E-state index in [2.05, 4.69) is 30.3 Å². The molecule has 0 aliphatic heterocycles. The predicted octanol–water partition coefficient (Wildman–Crippen LogP) is 3.34. The number of aliphatic hydroxyl groups is 2. The van der Waals surface area contributed by atoms with Crippen LogP contribution >= 0.6 is 0 Å². The van der Waals surface area contributed by atoms with Gasteiger partial charge < -0.3 is 19.7 Å². The molecule has 0 spiro atoms. The summed E-state index contributed by atoms with van der Waals surface area (Å²) in [6.07, 6.45) is 5.65. The molecule has 0 saturated carbocycles.